The van der Waals surface area contributed by atoms with Crippen LogP contribution in [0.3, 0.4) is 0 Å². The first-order chi connectivity index (χ1) is 8.58. The van der Waals surface area contributed by atoms with Crippen LogP contribution in [0.15, 0.2) is 6.07 Å². The number of halogens is 6. The SMILES string of the molecule is COc1nc(C(F)(F)F)cc(OC(F)(F)F)c1CO. The molecule has 0 bridgehead atoms. The van der Waals surface area contributed by atoms with Gasteiger partial charge in [-0.2, -0.15) is 13.2 Å². The van der Waals surface area contributed by atoms with E-state index in [9.17, 15) is 26.3 Å². The first kappa shape index (κ1) is 15.3. The normalized spacial score (nSPS) is 12.4. The maximum absolute atomic E-state index is 12.4. The molecule has 0 radical (unpaired) electrons. The van der Waals surface area contributed by atoms with Crippen molar-refractivity contribution in [3.05, 3.63) is 17.3 Å². The molecule has 0 saturated heterocycles. The van der Waals surface area contributed by atoms with Gasteiger partial charge < -0.3 is 14.6 Å². The topological polar surface area (TPSA) is 51.6 Å². The van der Waals surface area contributed by atoms with Gasteiger partial charge in [0.05, 0.1) is 19.3 Å². The minimum absolute atomic E-state index is 0.0432. The molecule has 19 heavy (non-hydrogen) atoms. The molecule has 0 aliphatic rings. The van der Waals surface area contributed by atoms with Gasteiger partial charge in [-0.25, -0.2) is 4.98 Å². The van der Waals surface area contributed by atoms with Crippen molar-refractivity contribution in [1.29, 1.82) is 0 Å². The molecule has 0 atom stereocenters. The lowest BCUT2D eigenvalue weighted by molar-refractivity contribution is -0.275. The Balaban J connectivity index is 3.40. The molecule has 0 fully saturated rings. The highest BCUT2D eigenvalue weighted by atomic mass is 19.4. The summed E-state index contributed by atoms with van der Waals surface area (Å²) in [5, 5.41) is 8.87. The Kier molecular flexibility index (Phi) is 4.13. The molecular formula is C9H7F6NO3. The van der Waals surface area contributed by atoms with Crippen molar-refractivity contribution >= 4 is 0 Å². The van der Waals surface area contributed by atoms with Crippen molar-refractivity contribution in [2.75, 3.05) is 7.11 Å². The molecule has 1 N–H and O–H groups in total. The number of ether oxygens (including phenoxy) is 2. The standard InChI is InChI=1S/C9H7F6NO3/c1-18-7-4(3-17)5(19-9(13,14)15)2-6(16-7)8(10,11)12/h2,17H,3H2,1H3. The van der Waals surface area contributed by atoms with Gasteiger partial charge in [0.25, 0.3) is 0 Å². The minimum Gasteiger partial charge on any atom is -0.481 e. The summed E-state index contributed by atoms with van der Waals surface area (Å²) in [5.74, 6) is -2.01. The molecular weight excluding hydrogens is 284 g/mol. The molecule has 1 heterocycles. The maximum atomic E-state index is 12.4. The quantitative estimate of drug-likeness (QED) is 0.869. The highest BCUT2D eigenvalue weighted by Gasteiger charge is 2.38. The third kappa shape index (κ3) is 3.88. The lowest BCUT2D eigenvalue weighted by Crippen LogP contribution is -2.20. The zero-order valence-corrected chi connectivity index (χ0v) is 9.26. The molecule has 0 spiro atoms. The zero-order valence-electron chi connectivity index (χ0n) is 9.26. The summed E-state index contributed by atoms with van der Waals surface area (Å²) >= 11 is 0. The van der Waals surface area contributed by atoms with Gasteiger partial charge in [0.2, 0.25) is 5.88 Å². The van der Waals surface area contributed by atoms with Crippen LogP contribution in [0.25, 0.3) is 0 Å². The second-order valence-electron chi connectivity index (χ2n) is 3.20. The van der Waals surface area contributed by atoms with Crippen LogP contribution in [0.2, 0.25) is 0 Å². The highest BCUT2D eigenvalue weighted by Crippen LogP contribution is 2.37. The minimum atomic E-state index is -5.21. The molecule has 0 aliphatic carbocycles. The van der Waals surface area contributed by atoms with Crippen LogP contribution in [0, 0.1) is 0 Å². The molecule has 108 valence electrons. The van der Waals surface area contributed by atoms with Crippen molar-refractivity contribution in [2.24, 2.45) is 0 Å². The summed E-state index contributed by atoms with van der Waals surface area (Å²) < 4.78 is 81.4. The van der Waals surface area contributed by atoms with Crippen LogP contribution in [-0.2, 0) is 12.8 Å². The van der Waals surface area contributed by atoms with E-state index >= 15 is 0 Å². The average molecular weight is 291 g/mol. The predicted octanol–water partition coefficient (Wildman–Crippen LogP) is 2.50. The number of alkyl halides is 6. The number of aromatic nitrogens is 1. The third-order valence-electron chi connectivity index (χ3n) is 1.91. The Morgan fingerprint density at radius 1 is 1.21 bits per heavy atom. The predicted molar refractivity (Wildman–Crippen MR) is 48.4 cm³/mol. The summed E-state index contributed by atoms with van der Waals surface area (Å²) in [6.45, 7) is -1.03. The van der Waals surface area contributed by atoms with Gasteiger partial charge in [0.1, 0.15) is 5.75 Å². The monoisotopic (exact) mass is 291 g/mol. The number of rotatable bonds is 3. The van der Waals surface area contributed by atoms with Crippen LogP contribution >= 0.6 is 0 Å². The van der Waals surface area contributed by atoms with Crippen LogP contribution in [0.5, 0.6) is 11.6 Å². The Morgan fingerprint density at radius 2 is 1.79 bits per heavy atom. The van der Waals surface area contributed by atoms with E-state index in [1.807, 2.05) is 0 Å². The Bertz CT molecular complexity index is 456. The fourth-order valence-corrected chi connectivity index (χ4v) is 1.20. The molecule has 0 aliphatic heterocycles. The molecule has 0 unspecified atom stereocenters. The van der Waals surface area contributed by atoms with E-state index in [1.165, 1.54) is 0 Å². The van der Waals surface area contributed by atoms with Gasteiger partial charge in [-0.15, -0.1) is 13.2 Å². The van der Waals surface area contributed by atoms with Gasteiger partial charge in [-0.3, -0.25) is 0 Å². The van der Waals surface area contributed by atoms with Gasteiger partial charge >= 0.3 is 12.5 Å². The van der Waals surface area contributed by atoms with Gasteiger partial charge in [-0.05, 0) is 0 Å². The van der Waals surface area contributed by atoms with Gasteiger partial charge in [0.15, 0.2) is 5.69 Å². The van der Waals surface area contributed by atoms with Crippen LogP contribution in [-0.4, -0.2) is 23.6 Å². The van der Waals surface area contributed by atoms with Crippen molar-refractivity contribution < 1.29 is 40.9 Å². The second kappa shape index (κ2) is 5.11. The van der Waals surface area contributed by atoms with Crippen molar-refractivity contribution in [2.45, 2.75) is 19.1 Å². The van der Waals surface area contributed by atoms with Crippen molar-refractivity contribution in [1.82, 2.24) is 4.98 Å². The second-order valence-corrected chi connectivity index (χ2v) is 3.20. The van der Waals surface area contributed by atoms with Gasteiger partial charge in [0, 0.05) is 6.07 Å². The van der Waals surface area contributed by atoms with Crippen molar-refractivity contribution in [3.63, 3.8) is 0 Å². The Hall–Kier alpha value is -1.71. The number of nitrogens with zero attached hydrogens (tertiary/aromatic N) is 1. The lowest BCUT2D eigenvalue weighted by Gasteiger charge is -2.16. The Morgan fingerprint density at radius 3 is 2.16 bits per heavy atom. The van der Waals surface area contributed by atoms with E-state index in [0.29, 0.717) is 0 Å². The van der Waals surface area contributed by atoms with E-state index in [4.69, 9.17) is 5.11 Å². The molecule has 4 nitrogen and oxygen atoms in total. The van der Waals surface area contributed by atoms with Crippen LogP contribution < -0.4 is 9.47 Å². The summed E-state index contributed by atoms with van der Waals surface area (Å²) in [4.78, 5) is 2.97. The van der Waals surface area contributed by atoms with E-state index in [-0.39, 0.29) is 6.07 Å². The maximum Gasteiger partial charge on any atom is 0.573 e. The first-order valence-electron chi connectivity index (χ1n) is 4.60. The molecule has 1 rings (SSSR count). The molecule has 1 aromatic rings. The average Bonchev–Trinajstić information content (AvgIpc) is 2.24. The fraction of sp³-hybridized carbons (Fsp3) is 0.444. The number of pyridine rings is 1. The van der Waals surface area contributed by atoms with Crippen LogP contribution in [0.1, 0.15) is 11.3 Å². The smallest absolute Gasteiger partial charge is 0.481 e. The molecule has 0 saturated carbocycles. The van der Waals surface area contributed by atoms with Gasteiger partial charge in [-0.1, -0.05) is 0 Å². The van der Waals surface area contributed by atoms with E-state index in [0.717, 1.165) is 7.11 Å². The third-order valence-corrected chi connectivity index (χ3v) is 1.91. The number of hydrogen-bond acceptors (Lipinski definition) is 4. The van der Waals surface area contributed by atoms with E-state index in [1.54, 1.807) is 0 Å². The largest absolute Gasteiger partial charge is 0.573 e. The van der Waals surface area contributed by atoms with E-state index < -0.39 is 42.0 Å². The molecule has 10 heteroatoms. The number of hydrogen-bond donors (Lipinski definition) is 1. The van der Waals surface area contributed by atoms with E-state index in [2.05, 4.69) is 14.5 Å². The summed E-state index contributed by atoms with van der Waals surface area (Å²) in [6.07, 6.45) is -10.2. The first-order valence-corrected chi connectivity index (χ1v) is 4.60. The molecule has 0 aromatic carbocycles. The molecule has 1 aromatic heterocycles. The zero-order chi connectivity index (χ0) is 14.8. The summed E-state index contributed by atoms with van der Waals surface area (Å²) in [7, 11) is 0.902. The fourth-order valence-electron chi connectivity index (χ4n) is 1.20. The van der Waals surface area contributed by atoms with Crippen molar-refractivity contribution in [3.8, 4) is 11.6 Å². The number of methoxy groups -OCH3 is 1. The van der Waals surface area contributed by atoms with Crippen LogP contribution in [0.4, 0.5) is 26.3 Å². The summed E-state index contributed by atoms with van der Waals surface area (Å²) in [5.41, 5.74) is -2.26. The summed E-state index contributed by atoms with van der Waals surface area (Å²) in [6, 6.07) is 0.0432. The number of aliphatic hydroxyl groups excluding tert-OH is 1. The number of aliphatic hydroxyl groups is 1. The molecule has 0 amide bonds. The lowest BCUT2D eigenvalue weighted by atomic mass is 10.2. The highest BCUT2D eigenvalue weighted by molar-refractivity contribution is 5.42. The Labute approximate surface area is 102 Å².